The molecule has 2 heterocycles. The molecule has 31 heavy (non-hydrogen) atoms. The molecular formula is C23H33FN4O3. The second-order valence-electron chi connectivity index (χ2n) is 8.93. The summed E-state index contributed by atoms with van der Waals surface area (Å²) in [5.41, 5.74) is 1.53. The monoisotopic (exact) mass is 432 g/mol. The second kappa shape index (κ2) is 9.78. The fourth-order valence-electron chi connectivity index (χ4n) is 3.88. The highest BCUT2D eigenvalue weighted by atomic mass is 19.1. The van der Waals surface area contributed by atoms with E-state index < -0.39 is 5.60 Å². The summed E-state index contributed by atoms with van der Waals surface area (Å²) in [6.45, 7) is 10.8. The summed E-state index contributed by atoms with van der Waals surface area (Å²) in [6, 6.07) is 6.55. The third-order valence-corrected chi connectivity index (χ3v) is 5.54. The number of nitrogens with zero attached hydrogens (tertiary/aromatic N) is 4. The lowest BCUT2D eigenvalue weighted by molar-refractivity contribution is 0.00325. The Morgan fingerprint density at radius 3 is 2.39 bits per heavy atom. The maximum absolute atomic E-state index is 13.3. The Hall–Kier alpha value is -2.45. The van der Waals surface area contributed by atoms with Gasteiger partial charge < -0.3 is 18.9 Å². The zero-order valence-electron chi connectivity index (χ0n) is 19.0. The van der Waals surface area contributed by atoms with Gasteiger partial charge in [-0.05, 0) is 45.4 Å². The molecular weight excluding hydrogens is 399 g/mol. The van der Waals surface area contributed by atoms with Gasteiger partial charge in [-0.3, -0.25) is 4.90 Å². The molecule has 1 aliphatic rings. The summed E-state index contributed by atoms with van der Waals surface area (Å²) in [6.07, 6.45) is 3.40. The lowest BCUT2D eigenvalue weighted by atomic mass is 10.1. The Morgan fingerprint density at radius 2 is 1.81 bits per heavy atom. The van der Waals surface area contributed by atoms with Gasteiger partial charge in [-0.15, -0.1) is 0 Å². The van der Waals surface area contributed by atoms with Gasteiger partial charge in [-0.1, -0.05) is 12.1 Å². The van der Waals surface area contributed by atoms with Gasteiger partial charge in [0.05, 0.1) is 30.7 Å². The number of ether oxygens (including phenoxy) is 2. The van der Waals surface area contributed by atoms with Gasteiger partial charge in [0.15, 0.2) is 0 Å². The van der Waals surface area contributed by atoms with Crippen molar-refractivity contribution in [2.45, 2.75) is 45.4 Å². The third-order valence-electron chi connectivity index (χ3n) is 5.54. The zero-order valence-corrected chi connectivity index (χ0v) is 19.0. The predicted molar refractivity (Wildman–Crippen MR) is 116 cm³/mol. The molecule has 1 saturated heterocycles. The number of carbonyl (C=O) groups is 1. The molecule has 2 aromatic rings. The molecule has 0 spiro atoms. The standard InChI is InChI=1S/C23H33FN4O3/c1-17(18-6-8-19(24)9-7-18)28-16-25-14-20(28)21(15-30-5)26-10-12-27(13-11-26)22(29)31-23(2,3)4/h6-9,14,16-17,21H,10-13,15H2,1-5H3. The van der Waals surface area contributed by atoms with E-state index >= 15 is 0 Å². The van der Waals surface area contributed by atoms with Crippen LogP contribution in [0.15, 0.2) is 36.8 Å². The number of aromatic nitrogens is 2. The summed E-state index contributed by atoms with van der Waals surface area (Å²) in [5, 5.41) is 0. The fraction of sp³-hybridized carbons (Fsp3) is 0.565. The van der Waals surface area contributed by atoms with Crippen molar-refractivity contribution in [1.29, 1.82) is 0 Å². The number of hydrogen-bond acceptors (Lipinski definition) is 5. The molecule has 0 N–H and O–H groups in total. The quantitative estimate of drug-likeness (QED) is 0.694. The second-order valence-corrected chi connectivity index (χ2v) is 8.93. The van der Waals surface area contributed by atoms with Crippen LogP contribution in [-0.4, -0.2) is 70.9 Å². The number of carbonyl (C=O) groups excluding carboxylic acids is 1. The predicted octanol–water partition coefficient (Wildman–Crippen LogP) is 3.87. The first-order chi connectivity index (χ1) is 14.7. The van der Waals surface area contributed by atoms with Crippen molar-refractivity contribution in [3.63, 3.8) is 0 Å². The Labute approximate surface area is 183 Å². The van der Waals surface area contributed by atoms with Crippen molar-refractivity contribution in [2.75, 3.05) is 39.9 Å². The molecule has 1 fully saturated rings. The first kappa shape index (κ1) is 23.2. The molecule has 0 bridgehead atoms. The van der Waals surface area contributed by atoms with E-state index in [-0.39, 0.29) is 24.0 Å². The number of benzene rings is 1. The van der Waals surface area contributed by atoms with E-state index in [1.54, 1.807) is 24.1 Å². The van der Waals surface area contributed by atoms with Crippen LogP contribution in [-0.2, 0) is 9.47 Å². The molecule has 1 aromatic heterocycles. The summed E-state index contributed by atoms with van der Waals surface area (Å²) in [4.78, 5) is 20.8. The Kier molecular flexibility index (Phi) is 7.33. The Morgan fingerprint density at radius 1 is 1.16 bits per heavy atom. The Bertz CT molecular complexity index is 854. The smallest absolute Gasteiger partial charge is 0.410 e. The molecule has 2 atom stereocenters. The highest BCUT2D eigenvalue weighted by Gasteiger charge is 2.31. The van der Waals surface area contributed by atoms with Crippen molar-refractivity contribution in [3.8, 4) is 0 Å². The molecule has 3 rings (SSSR count). The van der Waals surface area contributed by atoms with Crippen LogP contribution in [0.2, 0.25) is 0 Å². The number of piperazine rings is 1. The van der Waals surface area contributed by atoms with Crippen molar-refractivity contribution < 1.29 is 18.7 Å². The average Bonchev–Trinajstić information content (AvgIpc) is 3.20. The number of amides is 1. The SMILES string of the molecule is COCC(c1cncn1C(C)c1ccc(F)cc1)N1CCN(C(=O)OC(C)(C)C)CC1. The first-order valence-electron chi connectivity index (χ1n) is 10.7. The third kappa shape index (κ3) is 5.83. The fourth-order valence-corrected chi connectivity index (χ4v) is 3.88. The van der Waals surface area contributed by atoms with E-state index in [4.69, 9.17) is 9.47 Å². The van der Waals surface area contributed by atoms with Gasteiger partial charge >= 0.3 is 6.09 Å². The minimum atomic E-state index is -0.504. The minimum Gasteiger partial charge on any atom is -0.444 e. The lowest BCUT2D eigenvalue weighted by Crippen LogP contribution is -2.51. The van der Waals surface area contributed by atoms with Gasteiger partial charge in [-0.25, -0.2) is 14.2 Å². The molecule has 1 amide bonds. The van der Waals surface area contributed by atoms with E-state index in [1.807, 2.05) is 33.3 Å². The molecule has 170 valence electrons. The molecule has 0 aliphatic carbocycles. The molecule has 8 heteroatoms. The highest BCUT2D eigenvalue weighted by Crippen LogP contribution is 2.28. The van der Waals surface area contributed by atoms with Crippen LogP contribution in [0, 0.1) is 5.82 Å². The van der Waals surface area contributed by atoms with E-state index in [0.717, 1.165) is 11.3 Å². The number of rotatable bonds is 6. The molecule has 1 aliphatic heterocycles. The molecule has 0 saturated carbocycles. The van der Waals surface area contributed by atoms with Gasteiger partial charge in [0.2, 0.25) is 0 Å². The molecule has 7 nitrogen and oxygen atoms in total. The minimum absolute atomic E-state index is 0.000471. The molecule has 2 unspecified atom stereocenters. The van der Waals surface area contributed by atoms with Crippen LogP contribution in [0.3, 0.4) is 0 Å². The van der Waals surface area contributed by atoms with Crippen LogP contribution in [0.4, 0.5) is 9.18 Å². The van der Waals surface area contributed by atoms with Crippen LogP contribution in [0.1, 0.15) is 51.0 Å². The van der Waals surface area contributed by atoms with E-state index in [1.165, 1.54) is 12.1 Å². The van der Waals surface area contributed by atoms with Crippen LogP contribution >= 0.6 is 0 Å². The molecule has 1 aromatic carbocycles. The van der Waals surface area contributed by atoms with Crippen molar-refractivity contribution in [2.24, 2.45) is 0 Å². The van der Waals surface area contributed by atoms with E-state index in [0.29, 0.717) is 32.8 Å². The topological polar surface area (TPSA) is 59.8 Å². The van der Waals surface area contributed by atoms with Gasteiger partial charge in [0.25, 0.3) is 0 Å². The maximum atomic E-state index is 13.3. The summed E-state index contributed by atoms with van der Waals surface area (Å²) in [7, 11) is 1.69. The number of halogens is 1. The number of methoxy groups -OCH3 is 1. The van der Waals surface area contributed by atoms with Crippen LogP contribution < -0.4 is 0 Å². The Balaban J connectivity index is 1.73. The zero-order chi connectivity index (χ0) is 22.6. The largest absolute Gasteiger partial charge is 0.444 e. The maximum Gasteiger partial charge on any atom is 0.410 e. The van der Waals surface area contributed by atoms with Gasteiger partial charge in [0.1, 0.15) is 11.4 Å². The lowest BCUT2D eigenvalue weighted by Gasteiger charge is -2.39. The normalized spacial score (nSPS) is 17.4. The van der Waals surface area contributed by atoms with Crippen molar-refractivity contribution in [1.82, 2.24) is 19.4 Å². The number of imidazole rings is 1. The van der Waals surface area contributed by atoms with Crippen molar-refractivity contribution >= 4 is 6.09 Å². The molecule has 0 radical (unpaired) electrons. The highest BCUT2D eigenvalue weighted by molar-refractivity contribution is 5.68. The summed E-state index contributed by atoms with van der Waals surface area (Å²) < 4.78 is 26.5. The van der Waals surface area contributed by atoms with Crippen LogP contribution in [0.5, 0.6) is 0 Å². The number of hydrogen-bond donors (Lipinski definition) is 0. The van der Waals surface area contributed by atoms with Gasteiger partial charge in [-0.2, -0.15) is 0 Å². The van der Waals surface area contributed by atoms with E-state index in [2.05, 4.69) is 21.4 Å². The summed E-state index contributed by atoms with van der Waals surface area (Å²) in [5.74, 6) is -0.248. The van der Waals surface area contributed by atoms with Crippen molar-refractivity contribution in [3.05, 3.63) is 53.9 Å². The van der Waals surface area contributed by atoms with Gasteiger partial charge in [0, 0.05) is 39.5 Å². The van der Waals surface area contributed by atoms with E-state index in [9.17, 15) is 9.18 Å². The average molecular weight is 433 g/mol. The first-order valence-corrected chi connectivity index (χ1v) is 10.7. The summed E-state index contributed by atoms with van der Waals surface area (Å²) >= 11 is 0. The van der Waals surface area contributed by atoms with Crippen LogP contribution in [0.25, 0.3) is 0 Å².